The lowest BCUT2D eigenvalue weighted by Gasteiger charge is -2.18. The summed E-state index contributed by atoms with van der Waals surface area (Å²) in [7, 11) is 1.43. The molecular weight excluding hydrogens is 294 g/mol. The maximum atomic E-state index is 11.7. The molecule has 1 aromatic rings. The Morgan fingerprint density at radius 1 is 1.39 bits per heavy atom. The van der Waals surface area contributed by atoms with Gasteiger partial charge >= 0.3 is 5.97 Å². The van der Waals surface area contributed by atoms with Gasteiger partial charge in [0.2, 0.25) is 0 Å². The van der Waals surface area contributed by atoms with Crippen LogP contribution < -0.4 is 5.32 Å². The van der Waals surface area contributed by atoms with E-state index < -0.39 is 0 Å². The molecule has 0 aliphatic heterocycles. The van der Waals surface area contributed by atoms with E-state index >= 15 is 0 Å². The van der Waals surface area contributed by atoms with Gasteiger partial charge in [0.05, 0.1) is 7.11 Å². The quantitative estimate of drug-likeness (QED) is 0.820. The first kappa shape index (κ1) is 15.2. The second kappa shape index (κ2) is 7.54. The molecule has 0 radical (unpaired) electrons. The van der Waals surface area contributed by atoms with Gasteiger partial charge < -0.3 is 10.1 Å². The molecule has 1 aromatic carbocycles. The predicted octanol–water partition coefficient (Wildman–Crippen LogP) is 3.13. The molecule has 100 valence electrons. The molecule has 0 unspecified atom stereocenters. The lowest BCUT2D eigenvalue weighted by atomic mass is 10.0. The molecule has 0 spiro atoms. The number of rotatable bonds is 6. The molecule has 18 heavy (non-hydrogen) atoms. The van der Waals surface area contributed by atoms with Crippen molar-refractivity contribution < 1.29 is 9.53 Å². The van der Waals surface area contributed by atoms with Crippen molar-refractivity contribution in [3.05, 3.63) is 34.3 Å². The average Bonchev–Trinajstić information content (AvgIpc) is 2.34. The monoisotopic (exact) mass is 313 g/mol. The summed E-state index contributed by atoms with van der Waals surface area (Å²) in [6, 6.07) is 7.73. The SMILES string of the molecule is COC(=O)[C@H](CC(C)C)NCc1ccccc1Br. The zero-order valence-electron chi connectivity index (χ0n) is 11.1. The Morgan fingerprint density at radius 3 is 2.61 bits per heavy atom. The smallest absolute Gasteiger partial charge is 0.322 e. The molecule has 0 fully saturated rings. The number of carbonyl (C=O) groups is 1. The van der Waals surface area contributed by atoms with Crippen LogP contribution in [0.15, 0.2) is 28.7 Å². The fourth-order valence-electron chi connectivity index (χ4n) is 1.75. The molecular formula is C14H20BrNO2. The summed E-state index contributed by atoms with van der Waals surface area (Å²) in [5, 5.41) is 3.25. The highest BCUT2D eigenvalue weighted by molar-refractivity contribution is 9.10. The van der Waals surface area contributed by atoms with Gasteiger partial charge in [0.25, 0.3) is 0 Å². The van der Waals surface area contributed by atoms with Crippen LogP contribution in [0.25, 0.3) is 0 Å². The molecule has 1 atom stereocenters. The lowest BCUT2D eigenvalue weighted by molar-refractivity contribution is -0.143. The molecule has 0 amide bonds. The number of carbonyl (C=O) groups excluding carboxylic acids is 1. The summed E-state index contributed by atoms with van der Waals surface area (Å²) in [5.74, 6) is 0.247. The molecule has 0 heterocycles. The maximum absolute atomic E-state index is 11.7. The van der Waals surface area contributed by atoms with E-state index in [0.29, 0.717) is 12.5 Å². The van der Waals surface area contributed by atoms with Crippen molar-refractivity contribution in [1.29, 1.82) is 0 Å². The first-order valence-electron chi connectivity index (χ1n) is 6.09. The molecule has 0 saturated heterocycles. The molecule has 3 nitrogen and oxygen atoms in total. The van der Waals surface area contributed by atoms with E-state index in [9.17, 15) is 4.79 Å². The van der Waals surface area contributed by atoms with Crippen LogP contribution in [0, 0.1) is 5.92 Å². The van der Waals surface area contributed by atoms with E-state index in [1.54, 1.807) is 0 Å². The third-order valence-electron chi connectivity index (χ3n) is 2.69. The maximum Gasteiger partial charge on any atom is 0.322 e. The van der Waals surface area contributed by atoms with E-state index in [1.165, 1.54) is 7.11 Å². The van der Waals surface area contributed by atoms with Crippen molar-refractivity contribution in [3.8, 4) is 0 Å². The van der Waals surface area contributed by atoms with Crippen LogP contribution in [0.3, 0.4) is 0 Å². The van der Waals surface area contributed by atoms with E-state index in [-0.39, 0.29) is 12.0 Å². The van der Waals surface area contributed by atoms with Gasteiger partial charge in [-0.15, -0.1) is 0 Å². The third kappa shape index (κ3) is 4.78. The Kier molecular flexibility index (Phi) is 6.36. The molecule has 4 heteroatoms. The standard InChI is InChI=1S/C14H20BrNO2/c1-10(2)8-13(14(17)18-3)16-9-11-6-4-5-7-12(11)15/h4-7,10,13,16H,8-9H2,1-3H3/t13-/m0/s1. The highest BCUT2D eigenvalue weighted by Gasteiger charge is 2.19. The summed E-state index contributed by atoms with van der Waals surface area (Å²) in [5.41, 5.74) is 1.13. The number of hydrogen-bond donors (Lipinski definition) is 1. The van der Waals surface area contributed by atoms with Gasteiger partial charge in [0, 0.05) is 11.0 Å². The van der Waals surface area contributed by atoms with Crippen LogP contribution in [0.2, 0.25) is 0 Å². The van der Waals surface area contributed by atoms with Gasteiger partial charge in [0.15, 0.2) is 0 Å². The number of halogens is 1. The zero-order valence-corrected chi connectivity index (χ0v) is 12.7. The summed E-state index contributed by atoms with van der Waals surface area (Å²) >= 11 is 3.50. The van der Waals surface area contributed by atoms with Crippen molar-refractivity contribution in [2.75, 3.05) is 7.11 Å². The van der Waals surface area contributed by atoms with Crippen LogP contribution >= 0.6 is 15.9 Å². The molecule has 0 aromatic heterocycles. The Hall–Kier alpha value is -0.870. The van der Waals surface area contributed by atoms with Crippen LogP contribution in [0.4, 0.5) is 0 Å². The minimum Gasteiger partial charge on any atom is -0.468 e. The van der Waals surface area contributed by atoms with Crippen LogP contribution in [-0.4, -0.2) is 19.1 Å². The molecule has 0 saturated carbocycles. The summed E-state index contributed by atoms with van der Waals surface area (Å²) in [6.45, 7) is 4.83. The van der Waals surface area contributed by atoms with Gasteiger partial charge in [-0.1, -0.05) is 48.0 Å². The lowest BCUT2D eigenvalue weighted by Crippen LogP contribution is -2.38. The van der Waals surface area contributed by atoms with Crippen molar-refractivity contribution in [3.63, 3.8) is 0 Å². The van der Waals surface area contributed by atoms with Crippen molar-refractivity contribution >= 4 is 21.9 Å². The summed E-state index contributed by atoms with van der Waals surface area (Å²) in [6.07, 6.45) is 0.775. The number of nitrogens with one attached hydrogen (secondary N) is 1. The van der Waals surface area contributed by atoms with E-state index in [1.807, 2.05) is 24.3 Å². The average molecular weight is 314 g/mol. The fourth-order valence-corrected chi connectivity index (χ4v) is 2.18. The number of benzene rings is 1. The van der Waals surface area contributed by atoms with Gasteiger partial charge in [-0.05, 0) is 24.0 Å². The van der Waals surface area contributed by atoms with Crippen LogP contribution in [0.1, 0.15) is 25.8 Å². The van der Waals surface area contributed by atoms with Crippen LogP contribution in [0.5, 0.6) is 0 Å². The number of ether oxygens (including phenoxy) is 1. The van der Waals surface area contributed by atoms with Gasteiger partial charge in [-0.3, -0.25) is 4.79 Å². The van der Waals surface area contributed by atoms with Crippen LogP contribution in [-0.2, 0) is 16.1 Å². The highest BCUT2D eigenvalue weighted by Crippen LogP contribution is 2.16. The molecule has 1 rings (SSSR count). The number of esters is 1. The molecule has 0 aliphatic carbocycles. The Morgan fingerprint density at radius 2 is 2.06 bits per heavy atom. The molecule has 0 bridgehead atoms. The molecule has 0 aliphatic rings. The molecule has 1 N–H and O–H groups in total. The normalized spacial score (nSPS) is 12.5. The van der Waals surface area contributed by atoms with Gasteiger partial charge in [-0.25, -0.2) is 0 Å². The topological polar surface area (TPSA) is 38.3 Å². The third-order valence-corrected chi connectivity index (χ3v) is 3.46. The first-order chi connectivity index (χ1) is 8.54. The zero-order chi connectivity index (χ0) is 13.5. The Balaban J connectivity index is 2.62. The Labute approximate surface area is 117 Å². The van der Waals surface area contributed by atoms with Crippen molar-refractivity contribution in [1.82, 2.24) is 5.32 Å². The van der Waals surface area contributed by atoms with E-state index in [0.717, 1.165) is 16.5 Å². The second-order valence-electron chi connectivity index (χ2n) is 4.68. The van der Waals surface area contributed by atoms with Gasteiger partial charge in [-0.2, -0.15) is 0 Å². The second-order valence-corrected chi connectivity index (χ2v) is 5.53. The van der Waals surface area contributed by atoms with Crippen molar-refractivity contribution in [2.45, 2.75) is 32.9 Å². The highest BCUT2D eigenvalue weighted by atomic mass is 79.9. The van der Waals surface area contributed by atoms with E-state index in [4.69, 9.17) is 4.74 Å². The fraction of sp³-hybridized carbons (Fsp3) is 0.500. The number of methoxy groups -OCH3 is 1. The minimum absolute atomic E-state index is 0.198. The van der Waals surface area contributed by atoms with Gasteiger partial charge in [0.1, 0.15) is 6.04 Å². The number of hydrogen-bond acceptors (Lipinski definition) is 3. The van der Waals surface area contributed by atoms with E-state index in [2.05, 4.69) is 35.1 Å². The Bertz CT molecular complexity index is 393. The summed E-state index contributed by atoms with van der Waals surface area (Å²) < 4.78 is 5.87. The first-order valence-corrected chi connectivity index (χ1v) is 6.88. The largest absolute Gasteiger partial charge is 0.468 e. The minimum atomic E-state index is -0.248. The summed E-state index contributed by atoms with van der Waals surface area (Å²) in [4.78, 5) is 11.7. The van der Waals surface area contributed by atoms with Crippen molar-refractivity contribution in [2.24, 2.45) is 5.92 Å². The predicted molar refractivity (Wildman–Crippen MR) is 76.2 cm³/mol.